The summed E-state index contributed by atoms with van der Waals surface area (Å²) in [5.41, 5.74) is -0.0501. The molecule has 1 aliphatic heterocycles. The van der Waals surface area contributed by atoms with Crippen molar-refractivity contribution < 1.29 is 31.8 Å². The summed E-state index contributed by atoms with van der Waals surface area (Å²) in [6.07, 6.45) is -2.07. The highest BCUT2D eigenvalue weighted by molar-refractivity contribution is 6.06. The number of methoxy groups -OCH3 is 1. The fourth-order valence-corrected chi connectivity index (χ4v) is 3.34. The molecule has 8 nitrogen and oxygen atoms in total. The number of anilines is 2. The number of benzene rings is 1. The summed E-state index contributed by atoms with van der Waals surface area (Å²) in [7, 11) is 3.13. The van der Waals surface area contributed by atoms with Crippen molar-refractivity contribution in [3.63, 3.8) is 0 Å². The molecule has 174 valence electrons. The number of aryl methyl sites for hydroxylation is 1. The van der Waals surface area contributed by atoms with E-state index in [1.165, 1.54) is 18.0 Å². The topological polar surface area (TPSA) is 81.5 Å². The van der Waals surface area contributed by atoms with Crippen LogP contribution in [0.2, 0.25) is 0 Å². The Morgan fingerprint density at radius 2 is 1.97 bits per heavy atom. The van der Waals surface area contributed by atoms with E-state index in [4.69, 9.17) is 9.47 Å². The molecule has 1 N–H and O–H groups in total. The van der Waals surface area contributed by atoms with Gasteiger partial charge in [0.2, 0.25) is 5.88 Å². The van der Waals surface area contributed by atoms with E-state index in [1.807, 2.05) is 0 Å². The van der Waals surface area contributed by atoms with Crippen LogP contribution in [0.1, 0.15) is 16.1 Å². The fourth-order valence-electron chi connectivity index (χ4n) is 3.34. The quantitative estimate of drug-likeness (QED) is 0.562. The number of nitrogens with one attached hydrogen (secondary N) is 1. The molecule has 3 aromatic rings. The minimum Gasteiger partial charge on any atom is -0.487 e. The number of pyridine rings is 1. The first-order chi connectivity index (χ1) is 15.6. The van der Waals surface area contributed by atoms with E-state index >= 15 is 0 Å². The number of ether oxygens (including phenoxy) is 2. The van der Waals surface area contributed by atoms with Crippen molar-refractivity contribution in [2.75, 3.05) is 30.4 Å². The average Bonchev–Trinajstić information content (AvgIpc) is 3.13. The molecular weight excluding hydrogens is 446 g/mol. The molecule has 0 saturated carbocycles. The highest BCUT2D eigenvalue weighted by atomic mass is 19.4. The van der Waals surface area contributed by atoms with E-state index in [-0.39, 0.29) is 30.4 Å². The van der Waals surface area contributed by atoms with Crippen molar-refractivity contribution >= 4 is 17.3 Å². The molecule has 0 spiro atoms. The lowest BCUT2D eigenvalue weighted by atomic mass is 10.1. The monoisotopic (exact) mass is 465 g/mol. The molecule has 1 aromatic carbocycles. The van der Waals surface area contributed by atoms with Crippen molar-refractivity contribution in [3.05, 3.63) is 59.8 Å². The molecule has 1 aliphatic rings. The third-order valence-corrected chi connectivity index (χ3v) is 4.93. The smallest absolute Gasteiger partial charge is 0.416 e. The fraction of sp³-hybridized carbons (Fsp3) is 0.286. The number of hydrogen-bond donors (Lipinski definition) is 1. The van der Waals surface area contributed by atoms with Gasteiger partial charge < -0.3 is 19.7 Å². The lowest BCUT2D eigenvalue weighted by molar-refractivity contribution is -0.137. The van der Waals surface area contributed by atoms with Gasteiger partial charge in [0.25, 0.3) is 5.91 Å². The van der Waals surface area contributed by atoms with Crippen LogP contribution in [0.3, 0.4) is 0 Å². The number of carbonyl (C=O) groups excluding carboxylic acids is 1. The molecule has 0 unspecified atom stereocenters. The van der Waals surface area contributed by atoms with Crippen LogP contribution in [-0.4, -0.2) is 47.0 Å². The molecule has 33 heavy (non-hydrogen) atoms. The predicted octanol–water partition coefficient (Wildman–Crippen LogP) is 3.50. The lowest BCUT2D eigenvalue weighted by Crippen LogP contribution is -2.54. The summed E-state index contributed by atoms with van der Waals surface area (Å²) in [6.45, 7) is 0.526. The lowest BCUT2D eigenvalue weighted by Gasteiger charge is -2.41. The normalized spacial score (nSPS) is 14.1. The van der Waals surface area contributed by atoms with Gasteiger partial charge in [-0.3, -0.25) is 9.48 Å². The van der Waals surface area contributed by atoms with Gasteiger partial charge in [-0.15, -0.1) is 0 Å². The summed E-state index contributed by atoms with van der Waals surface area (Å²) in [5, 5.41) is 6.70. The van der Waals surface area contributed by atoms with Gasteiger partial charge in [0.1, 0.15) is 17.7 Å². The summed E-state index contributed by atoms with van der Waals surface area (Å²) in [6, 6.07) is 5.32. The Morgan fingerprint density at radius 3 is 2.61 bits per heavy atom. The summed E-state index contributed by atoms with van der Waals surface area (Å²) >= 11 is 0. The summed E-state index contributed by atoms with van der Waals surface area (Å²) < 4.78 is 64.5. The summed E-state index contributed by atoms with van der Waals surface area (Å²) in [4.78, 5) is 18.8. The van der Waals surface area contributed by atoms with Gasteiger partial charge in [-0.25, -0.2) is 9.37 Å². The molecule has 1 fully saturated rings. The van der Waals surface area contributed by atoms with Gasteiger partial charge in [-0.2, -0.15) is 18.3 Å². The zero-order valence-electron chi connectivity index (χ0n) is 17.6. The van der Waals surface area contributed by atoms with Crippen LogP contribution >= 0.6 is 0 Å². The Morgan fingerprint density at radius 1 is 1.21 bits per heavy atom. The van der Waals surface area contributed by atoms with Gasteiger partial charge in [0.15, 0.2) is 5.69 Å². The predicted molar refractivity (Wildman–Crippen MR) is 110 cm³/mol. The second-order valence-electron chi connectivity index (χ2n) is 7.40. The second-order valence-corrected chi connectivity index (χ2v) is 7.40. The third-order valence-electron chi connectivity index (χ3n) is 4.93. The molecule has 0 bridgehead atoms. The summed E-state index contributed by atoms with van der Waals surface area (Å²) in [5.74, 6) is -1.50. The first-order valence-corrected chi connectivity index (χ1v) is 9.77. The Kier molecular flexibility index (Phi) is 5.83. The number of nitrogens with zero attached hydrogens (tertiary/aromatic N) is 4. The molecule has 0 atom stereocenters. The van der Waals surface area contributed by atoms with Crippen LogP contribution in [0.15, 0.2) is 42.7 Å². The highest BCUT2D eigenvalue weighted by Gasteiger charge is 2.34. The van der Waals surface area contributed by atoms with Crippen LogP contribution in [0, 0.1) is 5.82 Å². The van der Waals surface area contributed by atoms with E-state index in [0.717, 1.165) is 12.1 Å². The molecule has 1 amide bonds. The standard InChI is InChI=1S/C21H19F4N5O3/c1-29-9-14(8-26-29)27-20(31)19-17(3-4-18(28-19)32-2)30-10-16(11-30)33-15-6-12(21(23,24)25)5-13(22)7-15/h3-9,16H,10-11H2,1-2H3,(H,27,31). The molecule has 1 saturated heterocycles. The van der Waals surface area contributed by atoms with E-state index in [9.17, 15) is 22.4 Å². The largest absolute Gasteiger partial charge is 0.487 e. The highest BCUT2D eigenvalue weighted by Crippen LogP contribution is 2.34. The maximum atomic E-state index is 13.6. The van der Waals surface area contributed by atoms with Crippen LogP contribution in [0.5, 0.6) is 11.6 Å². The average molecular weight is 465 g/mol. The molecule has 4 rings (SSSR count). The zero-order valence-corrected chi connectivity index (χ0v) is 17.6. The minimum atomic E-state index is -4.68. The van der Waals surface area contributed by atoms with Crippen LogP contribution in [-0.2, 0) is 13.2 Å². The molecule has 0 radical (unpaired) electrons. The maximum absolute atomic E-state index is 13.6. The van der Waals surface area contributed by atoms with Crippen LogP contribution in [0.25, 0.3) is 0 Å². The Labute approximate surface area is 185 Å². The number of halogens is 4. The Bertz CT molecular complexity index is 1170. The molecule has 0 aliphatic carbocycles. The minimum absolute atomic E-state index is 0.0989. The molecule has 3 heterocycles. The van der Waals surface area contributed by atoms with Gasteiger partial charge in [-0.05, 0) is 18.2 Å². The Balaban J connectivity index is 1.48. The van der Waals surface area contributed by atoms with Crippen molar-refractivity contribution in [3.8, 4) is 11.6 Å². The number of hydrogen-bond acceptors (Lipinski definition) is 6. The zero-order chi connectivity index (χ0) is 23.8. The number of aromatic nitrogens is 3. The Hall–Kier alpha value is -3.83. The van der Waals surface area contributed by atoms with Crippen molar-refractivity contribution in [2.45, 2.75) is 12.3 Å². The first-order valence-electron chi connectivity index (χ1n) is 9.77. The molecule has 12 heteroatoms. The SMILES string of the molecule is COc1ccc(N2CC(Oc3cc(F)cc(C(F)(F)F)c3)C2)c(C(=O)Nc2cnn(C)c2)n1. The first kappa shape index (κ1) is 22.4. The maximum Gasteiger partial charge on any atom is 0.416 e. The van der Waals surface area contributed by atoms with E-state index in [1.54, 1.807) is 30.3 Å². The number of amides is 1. The van der Waals surface area contributed by atoms with E-state index < -0.39 is 29.6 Å². The van der Waals surface area contributed by atoms with Crippen LogP contribution in [0.4, 0.5) is 28.9 Å². The van der Waals surface area contributed by atoms with Crippen molar-refractivity contribution in [2.24, 2.45) is 7.05 Å². The molecule has 2 aromatic heterocycles. The van der Waals surface area contributed by atoms with Crippen molar-refractivity contribution in [1.82, 2.24) is 14.8 Å². The third kappa shape index (κ3) is 4.99. The van der Waals surface area contributed by atoms with E-state index in [0.29, 0.717) is 17.4 Å². The van der Waals surface area contributed by atoms with Gasteiger partial charge in [0.05, 0.1) is 43.3 Å². The molecular formula is C21H19F4N5O3. The number of rotatable bonds is 6. The second kappa shape index (κ2) is 8.60. The number of carbonyl (C=O) groups is 1. The van der Waals surface area contributed by atoms with Gasteiger partial charge >= 0.3 is 6.18 Å². The van der Waals surface area contributed by atoms with Crippen molar-refractivity contribution in [1.29, 1.82) is 0 Å². The van der Waals surface area contributed by atoms with Gasteiger partial charge in [0, 0.05) is 25.4 Å². The van der Waals surface area contributed by atoms with Crippen LogP contribution < -0.4 is 19.7 Å². The van der Waals surface area contributed by atoms with E-state index in [2.05, 4.69) is 15.4 Å². The number of alkyl halides is 3. The van der Waals surface area contributed by atoms with Gasteiger partial charge in [-0.1, -0.05) is 0 Å².